The molecule has 0 unspecified atom stereocenters. The molecule has 1 aliphatic heterocycles. The zero-order valence-electron chi connectivity index (χ0n) is 6.32. The fourth-order valence-electron chi connectivity index (χ4n) is 0.606. The van der Waals surface area contributed by atoms with Gasteiger partial charge in [-0.1, -0.05) is 0 Å². The SMILES string of the molecule is C1=C\OCCOCOCCO/1. The third-order valence-corrected chi connectivity index (χ3v) is 1.11. The fraction of sp³-hybridized carbons (Fsp3) is 0.714. The number of ether oxygens (including phenoxy) is 4. The molecule has 1 heterocycles. The third kappa shape index (κ3) is 4.64. The molecule has 0 bridgehead atoms. The van der Waals surface area contributed by atoms with Crippen molar-refractivity contribution in [3.05, 3.63) is 12.5 Å². The maximum atomic E-state index is 5.03. The van der Waals surface area contributed by atoms with Crippen LogP contribution in [0.2, 0.25) is 0 Å². The normalized spacial score (nSPS) is 24.0. The largest absolute Gasteiger partial charge is 0.496 e. The molecule has 0 amide bonds. The molecule has 0 N–H and O–H groups in total. The van der Waals surface area contributed by atoms with Crippen molar-refractivity contribution in [2.24, 2.45) is 0 Å². The minimum Gasteiger partial charge on any atom is -0.496 e. The van der Waals surface area contributed by atoms with Crippen molar-refractivity contribution in [2.75, 3.05) is 33.2 Å². The maximum absolute atomic E-state index is 5.03. The van der Waals surface area contributed by atoms with Gasteiger partial charge in [0.05, 0.1) is 13.2 Å². The van der Waals surface area contributed by atoms with E-state index in [-0.39, 0.29) is 0 Å². The molecule has 0 aromatic rings. The molecule has 4 heteroatoms. The third-order valence-electron chi connectivity index (χ3n) is 1.11. The summed E-state index contributed by atoms with van der Waals surface area (Å²) < 4.78 is 20.0. The van der Waals surface area contributed by atoms with Crippen molar-refractivity contribution >= 4 is 0 Å². The zero-order valence-corrected chi connectivity index (χ0v) is 6.32. The van der Waals surface area contributed by atoms with Crippen molar-refractivity contribution in [3.8, 4) is 0 Å². The predicted octanol–water partition coefficient (Wildman–Crippen LogP) is 0.495. The van der Waals surface area contributed by atoms with Crippen LogP contribution in [0.1, 0.15) is 0 Å². The van der Waals surface area contributed by atoms with E-state index in [1.54, 1.807) is 0 Å². The van der Waals surface area contributed by atoms with E-state index < -0.39 is 0 Å². The Bertz CT molecular complexity index is 101. The Kier molecular flexibility index (Phi) is 4.56. The van der Waals surface area contributed by atoms with Crippen molar-refractivity contribution in [3.63, 3.8) is 0 Å². The van der Waals surface area contributed by atoms with E-state index in [0.717, 1.165) is 0 Å². The second-order valence-corrected chi connectivity index (χ2v) is 1.95. The minimum absolute atomic E-state index is 0.312. The van der Waals surface area contributed by atoms with E-state index in [1.165, 1.54) is 12.5 Å². The van der Waals surface area contributed by atoms with Gasteiger partial charge in [-0.2, -0.15) is 0 Å². The van der Waals surface area contributed by atoms with E-state index in [1.807, 2.05) is 0 Å². The van der Waals surface area contributed by atoms with Gasteiger partial charge in [-0.05, 0) is 0 Å². The lowest BCUT2D eigenvalue weighted by molar-refractivity contribution is -0.0682. The monoisotopic (exact) mass is 160 g/mol. The highest BCUT2D eigenvalue weighted by Gasteiger charge is 1.90. The van der Waals surface area contributed by atoms with Crippen LogP contribution in [0, 0.1) is 0 Å². The van der Waals surface area contributed by atoms with E-state index in [2.05, 4.69) is 0 Å². The Hall–Kier alpha value is -0.740. The first-order valence-electron chi connectivity index (χ1n) is 3.54. The average molecular weight is 160 g/mol. The lowest BCUT2D eigenvalue weighted by Gasteiger charge is -2.02. The highest BCUT2D eigenvalue weighted by atomic mass is 16.7. The lowest BCUT2D eigenvalue weighted by Crippen LogP contribution is -2.07. The molecule has 4 nitrogen and oxygen atoms in total. The standard InChI is InChI=1S/C7H12O4/c1-2-9-4-6-11-7-10-5-3-8-1/h1-2H,3-7H2/b2-1-. The Morgan fingerprint density at radius 2 is 1.27 bits per heavy atom. The van der Waals surface area contributed by atoms with Crippen molar-refractivity contribution in [1.29, 1.82) is 0 Å². The van der Waals surface area contributed by atoms with E-state index in [9.17, 15) is 0 Å². The first-order valence-corrected chi connectivity index (χ1v) is 3.54. The van der Waals surface area contributed by atoms with Crippen LogP contribution in [-0.2, 0) is 18.9 Å². The first-order chi connectivity index (χ1) is 5.50. The van der Waals surface area contributed by atoms with Gasteiger partial charge in [0, 0.05) is 0 Å². The van der Waals surface area contributed by atoms with Crippen LogP contribution in [0.15, 0.2) is 12.5 Å². The van der Waals surface area contributed by atoms with E-state index in [4.69, 9.17) is 18.9 Å². The van der Waals surface area contributed by atoms with Crippen LogP contribution in [-0.4, -0.2) is 33.2 Å². The summed E-state index contributed by atoms with van der Waals surface area (Å²) in [5.41, 5.74) is 0. The molecule has 0 aromatic heterocycles. The average Bonchev–Trinajstić information content (AvgIpc) is 2.08. The van der Waals surface area contributed by atoms with Gasteiger partial charge in [-0.15, -0.1) is 0 Å². The summed E-state index contributed by atoms with van der Waals surface area (Å²) in [5.74, 6) is 0. The lowest BCUT2D eigenvalue weighted by atomic mass is 10.8. The van der Waals surface area contributed by atoms with Gasteiger partial charge in [-0.3, -0.25) is 0 Å². The van der Waals surface area contributed by atoms with Crippen molar-refractivity contribution < 1.29 is 18.9 Å². The summed E-state index contributed by atoms with van der Waals surface area (Å²) in [6.45, 7) is 2.47. The Morgan fingerprint density at radius 3 is 1.82 bits per heavy atom. The summed E-state index contributed by atoms with van der Waals surface area (Å²) in [6.07, 6.45) is 3.02. The summed E-state index contributed by atoms with van der Waals surface area (Å²) >= 11 is 0. The first kappa shape index (κ1) is 8.36. The van der Waals surface area contributed by atoms with Crippen LogP contribution in [0.25, 0.3) is 0 Å². The molecule has 0 saturated heterocycles. The number of hydrogen-bond acceptors (Lipinski definition) is 4. The van der Waals surface area contributed by atoms with Crippen LogP contribution >= 0.6 is 0 Å². The van der Waals surface area contributed by atoms with Crippen LogP contribution in [0.5, 0.6) is 0 Å². The molecular weight excluding hydrogens is 148 g/mol. The zero-order chi connectivity index (χ0) is 7.78. The Morgan fingerprint density at radius 1 is 0.727 bits per heavy atom. The van der Waals surface area contributed by atoms with Gasteiger partial charge in [0.1, 0.15) is 32.5 Å². The van der Waals surface area contributed by atoms with Crippen molar-refractivity contribution in [2.45, 2.75) is 0 Å². The van der Waals surface area contributed by atoms with Gasteiger partial charge in [0.25, 0.3) is 0 Å². The van der Waals surface area contributed by atoms with Crippen LogP contribution in [0.3, 0.4) is 0 Å². The quantitative estimate of drug-likeness (QED) is 0.517. The highest BCUT2D eigenvalue weighted by Crippen LogP contribution is 1.87. The number of hydrogen-bond donors (Lipinski definition) is 0. The van der Waals surface area contributed by atoms with Gasteiger partial charge in [0.2, 0.25) is 0 Å². The molecular formula is C7H12O4. The molecule has 0 aliphatic carbocycles. The smallest absolute Gasteiger partial charge is 0.147 e. The summed E-state index contributed by atoms with van der Waals surface area (Å²) in [4.78, 5) is 0. The summed E-state index contributed by atoms with van der Waals surface area (Å²) in [5, 5.41) is 0. The summed E-state index contributed by atoms with van der Waals surface area (Å²) in [6, 6.07) is 0. The van der Waals surface area contributed by atoms with Crippen LogP contribution in [0.4, 0.5) is 0 Å². The highest BCUT2D eigenvalue weighted by molar-refractivity contribution is 4.60. The van der Waals surface area contributed by atoms with E-state index >= 15 is 0 Å². The second-order valence-electron chi connectivity index (χ2n) is 1.95. The molecule has 0 aromatic carbocycles. The molecule has 1 rings (SSSR count). The second kappa shape index (κ2) is 6.00. The van der Waals surface area contributed by atoms with Gasteiger partial charge < -0.3 is 18.9 Å². The van der Waals surface area contributed by atoms with Crippen LogP contribution < -0.4 is 0 Å². The Labute approximate surface area is 65.7 Å². The topological polar surface area (TPSA) is 36.9 Å². The molecule has 0 atom stereocenters. The molecule has 0 saturated carbocycles. The predicted molar refractivity (Wildman–Crippen MR) is 37.8 cm³/mol. The summed E-state index contributed by atoms with van der Waals surface area (Å²) in [7, 11) is 0. The van der Waals surface area contributed by atoms with E-state index in [0.29, 0.717) is 33.2 Å². The molecule has 64 valence electrons. The number of rotatable bonds is 0. The van der Waals surface area contributed by atoms with Gasteiger partial charge in [0.15, 0.2) is 0 Å². The Balaban J connectivity index is 2.11. The minimum atomic E-state index is 0.312. The molecule has 1 aliphatic rings. The van der Waals surface area contributed by atoms with Crippen molar-refractivity contribution in [1.82, 2.24) is 0 Å². The molecule has 11 heavy (non-hydrogen) atoms. The fourth-order valence-corrected chi connectivity index (χ4v) is 0.606. The van der Waals surface area contributed by atoms with Gasteiger partial charge in [-0.25, -0.2) is 0 Å². The maximum Gasteiger partial charge on any atom is 0.147 e. The molecule has 0 fully saturated rings. The molecule has 0 radical (unpaired) electrons. The molecule has 0 spiro atoms. The van der Waals surface area contributed by atoms with Gasteiger partial charge >= 0.3 is 0 Å².